The van der Waals surface area contributed by atoms with Crippen LogP contribution in [0.25, 0.3) is 0 Å². The Morgan fingerprint density at radius 1 is 0.853 bits per heavy atom. The molecule has 2 amide bonds. The van der Waals surface area contributed by atoms with Crippen LogP contribution in [0.2, 0.25) is 0 Å². The van der Waals surface area contributed by atoms with Gasteiger partial charge in [0.05, 0.1) is 0 Å². The highest BCUT2D eigenvalue weighted by atomic mass is 16.3. The van der Waals surface area contributed by atoms with Crippen LogP contribution in [0.5, 0.6) is 34.5 Å². The highest BCUT2D eigenvalue weighted by Crippen LogP contribution is 2.57. The Bertz CT molecular complexity index is 1170. The molecule has 1 fully saturated rings. The van der Waals surface area contributed by atoms with Gasteiger partial charge >= 0.3 is 0 Å². The Morgan fingerprint density at radius 3 is 1.65 bits per heavy atom. The number of hydrogen-bond acceptors (Lipinski definition) is 10. The molecule has 12 nitrogen and oxygen atoms in total. The van der Waals surface area contributed by atoms with Gasteiger partial charge in [-0.05, 0) is 17.9 Å². The number of phenolic OH excluding ortho intramolecular Hbond substituents is 6. The Morgan fingerprint density at radius 2 is 1.26 bits per heavy atom. The van der Waals surface area contributed by atoms with Crippen LogP contribution in [-0.2, 0) is 9.59 Å². The van der Waals surface area contributed by atoms with Gasteiger partial charge in [0.25, 0.3) is 0 Å². The normalized spacial score (nSPS) is 21.4. The van der Waals surface area contributed by atoms with E-state index in [1.54, 1.807) is 0 Å². The van der Waals surface area contributed by atoms with E-state index in [4.69, 9.17) is 0 Å². The monoisotopic (exact) mass is 474 g/mol. The second-order valence-electron chi connectivity index (χ2n) is 7.68. The molecular formula is C22H22N2O10-2. The van der Waals surface area contributed by atoms with Crippen LogP contribution < -0.4 is 20.8 Å². The van der Waals surface area contributed by atoms with Crippen LogP contribution >= 0.6 is 0 Å². The van der Waals surface area contributed by atoms with Crippen molar-refractivity contribution in [2.24, 2.45) is 0 Å². The van der Waals surface area contributed by atoms with Gasteiger partial charge in [-0.3, -0.25) is 9.59 Å². The van der Waals surface area contributed by atoms with Crippen molar-refractivity contribution in [3.8, 4) is 34.5 Å². The summed E-state index contributed by atoms with van der Waals surface area (Å²) in [5, 5.41) is 91.9. The van der Waals surface area contributed by atoms with Gasteiger partial charge in [0.1, 0.15) is 45.9 Å². The lowest BCUT2D eigenvalue weighted by molar-refractivity contribution is -0.536. The minimum Gasteiger partial charge on any atom is -0.851 e. The topological polar surface area (TPSA) is 226 Å². The lowest BCUT2D eigenvalue weighted by atomic mass is 9.62. The van der Waals surface area contributed by atoms with E-state index < -0.39 is 92.9 Å². The summed E-state index contributed by atoms with van der Waals surface area (Å²) in [4.78, 5) is 23.3. The van der Waals surface area contributed by atoms with Gasteiger partial charge in [-0.1, -0.05) is 13.5 Å². The Labute approximate surface area is 192 Å². The van der Waals surface area contributed by atoms with Gasteiger partial charge < -0.3 is 51.5 Å². The van der Waals surface area contributed by atoms with Gasteiger partial charge in [-0.15, -0.1) is 12.2 Å². The van der Waals surface area contributed by atoms with Crippen LogP contribution in [0.1, 0.15) is 36.3 Å². The molecule has 0 radical (unpaired) electrons. The predicted molar refractivity (Wildman–Crippen MR) is 114 cm³/mol. The molecule has 8 N–H and O–H groups in total. The van der Waals surface area contributed by atoms with Gasteiger partial charge in [-0.2, -0.15) is 0 Å². The lowest BCUT2D eigenvalue weighted by Gasteiger charge is -2.61. The number of phenols is 6. The Balaban J connectivity index is 2.04. The number of nitrogens with one attached hydrogen (secondary N) is 2. The quantitative estimate of drug-likeness (QED) is 0.155. The third-order valence-corrected chi connectivity index (χ3v) is 5.70. The van der Waals surface area contributed by atoms with Crippen molar-refractivity contribution in [1.29, 1.82) is 0 Å². The number of carbonyl (C=O) groups is 2. The third kappa shape index (κ3) is 3.89. The molecule has 2 aromatic carbocycles. The Kier molecular flexibility index (Phi) is 6.48. The average Bonchev–Trinajstić information content (AvgIpc) is 2.78. The van der Waals surface area contributed by atoms with E-state index in [1.165, 1.54) is 6.92 Å². The summed E-state index contributed by atoms with van der Waals surface area (Å²) >= 11 is 0. The van der Waals surface area contributed by atoms with Crippen molar-refractivity contribution in [3.05, 3.63) is 35.9 Å². The molecule has 1 aliphatic carbocycles. The van der Waals surface area contributed by atoms with Crippen molar-refractivity contribution in [3.63, 3.8) is 0 Å². The summed E-state index contributed by atoms with van der Waals surface area (Å²) in [6.45, 7) is 4.73. The first-order chi connectivity index (χ1) is 15.9. The smallest absolute Gasteiger partial charge is 0.247 e. The van der Waals surface area contributed by atoms with Crippen molar-refractivity contribution >= 4 is 23.2 Å². The number of aromatic hydroxyl groups is 6. The molecule has 0 aliphatic heterocycles. The van der Waals surface area contributed by atoms with Gasteiger partial charge in [-0.25, -0.2) is 0 Å². The van der Waals surface area contributed by atoms with E-state index in [0.29, 0.717) is 0 Å². The zero-order chi connectivity index (χ0) is 25.5. The maximum Gasteiger partial charge on any atom is 0.247 e. The number of hydrogen-bond donors (Lipinski definition) is 8. The molecule has 0 aromatic heterocycles. The first-order valence-electron chi connectivity index (χ1n) is 10.0. The summed E-state index contributed by atoms with van der Waals surface area (Å²) < 4.78 is 0. The number of anilines is 2. The van der Waals surface area contributed by atoms with Gasteiger partial charge in [0, 0.05) is 29.7 Å². The van der Waals surface area contributed by atoms with E-state index in [0.717, 1.165) is 18.2 Å². The van der Waals surface area contributed by atoms with Gasteiger partial charge in [0.15, 0.2) is 0 Å². The van der Waals surface area contributed by atoms with Crippen molar-refractivity contribution < 1.29 is 50.4 Å². The maximum atomic E-state index is 13.1. The summed E-state index contributed by atoms with van der Waals surface area (Å²) in [7, 11) is 0. The second-order valence-corrected chi connectivity index (χ2v) is 7.68. The van der Waals surface area contributed by atoms with E-state index in [2.05, 4.69) is 17.2 Å². The minimum atomic E-state index is -1.93. The molecule has 1 saturated carbocycles. The molecule has 3 rings (SSSR count). The van der Waals surface area contributed by atoms with E-state index >= 15 is 0 Å². The molecule has 1 aliphatic rings. The summed E-state index contributed by atoms with van der Waals surface area (Å²) in [6.07, 6.45) is -3.03. The van der Waals surface area contributed by atoms with E-state index in [-0.39, 0.29) is 6.42 Å². The van der Waals surface area contributed by atoms with Crippen molar-refractivity contribution in [2.75, 3.05) is 10.6 Å². The third-order valence-electron chi connectivity index (χ3n) is 5.70. The molecule has 0 bridgehead atoms. The molecule has 2 unspecified atom stereocenters. The fraction of sp³-hybridized carbons (Fsp3) is 0.273. The molecule has 34 heavy (non-hydrogen) atoms. The molecule has 2 atom stereocenters. The molecule has 0 spiro atoms. The molecular weight excluding hydrogens is 452 g/mol. The first-order valence-corrected chi connectivity index (χ1v) is 10.0. The number of benzene rings is 2. The van der Waals surface area contributed by atoms with Crippen molar-refractivity contribution in [1.82, 2.24) is 0 Å². The molecule has 0 heterocycles. The Hall–Kier alpha value is -4.16. The van der Waals surface area contributed by atoms with Crippen LogP contribution in [0.4, 0.5) is 11.4 Å². The number of rotatable bonds is 6. The second kappa shape index (κ2) is 9.00. The largest absolute Gasteiger partial charge is 0.851 e. The average molecular weight is 474 g/mol. The fourth-order valence-corrected chi connectivity index (χ4v) is 3.95. The van der Waals surface area contributed by atoms with Gasteiger partial charge in [0.2, 0.25) is 11.8 Å². The van der Waals surface area contributed by atoms with Crippen LogP contribution in [0.15, 0.2) is 24.8 Å². The molecule has 0 saturated heterocycles. The number of amides is 2. The highest BCUT2D eigenvalue weighted by Gasteiger charge is 2.44. The predicted octanol–water partition coefficient (Wildman–Crippen LogP) is -0.268. The zero-order valence-electron chi connectivity index (χ0n) is 17.8. The highest BCUT2D eigenvalue weighted by molar-refractivity contribution is 6.01. The van der Waals surface area contributed by atoms with Crippen molar-refractivity contribution in [2.45, 2.75) is 37.4 Å². The zero-order valence-corrected chi connectivity index (χ0v) is 17.8. The maximum absolute atomic E-state index is 13.1. The summed E-state index contributed by atoms with van der Waals surface area (Å²) in [6, 6.07) is 1.49. The lowest BCUT2D eigenvalue weighted by Crippen LogP contribution is -2.63. The summed E-state index contributed by atoms with van der Waals surface area (Å²) in [5.74, 6) is -9.40. The SMILES string of the molecule is C=CC(=O)Nc1c(O)cc(O)c(C2C([O-])C(c3c(O)cc(O)c(NC(=O)CC)c3O)C2[O-])c1O. The first kappa shape index (κ1) is 24.5. The van der Waals surface area contributed by atoms with Crippen LogP contribution in [0, 0.1) is 0 Å². The standard InChI is InChI=1S/C22H22N2O10/c1-3-11(29)23-17-9(27)5-7(25)13(21(17)33)15-19(31)16(20(15)32)14-8(26)6-10(28)18(22(14)34)24-12(30)4-2/h3,5-6,15-16,19-20,25-28,33-34H,1,4H2,2H3,(H,23,29)(H,24,30)/q-2. The van der Waals surface area contributed by atoms with Crippen LogP contribution in [0.3, 0.4) is 0 Å². The van der Waals surface area contributed by atoms with E-state index in [1.807, 2.05) is 0 Å². The van der Waals surface area contributed by atoms with Crippen LogP contribution in [-0.4, -0.2) is 54.7 Å². The molecule has 12 heteroatoms. The number of carbonyl (C=O) groups excluding carboxylic acids is 2. The minimum absolute atomic E-state index is 0.0148. The fourth-order valence-electron chi connectivity index (χ4n) is 3.95. The van der Waals surface area contributed by atoms with E-state index in [9.17, 15) is 50.4 Å². The molecule has 182 valence electrons. The molecule has 2 aromatic rings. The summed E-state index contributed by atoms with van der Waals surface area (Å²) in [5.41, 5.74) is -2.10.